The number of unbranched alkanes of at least 4 members (excludes halogenated alkanes) is 1. The fraction of sp³-hybridized carbons (Fsp3) is 0.407. The number of anilines is 1. The summed E-state index contributed by atoms with van der Waals surface area (Å²) in [5.41, 5.74) is 3.13. The summed E-state index contributed by atoms with van der Waals surface area (Å²) in [6, 6.07) is 9.48. The fourth-order valence-corrected chi connectivity index (χ4v) is 4.77. The topological polar surface area (TPSA) is 77.7 Å². The molecule has 1 heterocycles. The number of nitrogens with zero attached hydrogens (tertiary/aromatic N) is 2. The van der Waals surface area contributed by atoms with E-state index in [0.29, 0.717) is 25.3 Å². The number of allylic oxidation sites excluding steroid dienone is 7. The standard InChI is InChI=1S/C27H36N2O4S/c1-6-25-22(2)27(4,5)26(29(25)20-14-15-21-34(31,32)33)18-12-7-8-13-19-28(23(3)30)24-16-10-9-11-17-24/h6-13,16-19,22H,14-15,20-21H2,1-5H3/p+1. The molecule has 1 atom stereocenters. The van der Waals surface area contributed by atoms with Crippen molar-refractivity contribution in [1.29, 1.82) is 0 Å². The summed E-state index contributed by atoms with van der Waals surface area (Å²) in [7, 11) is -3.93. The number of amides is 1. The third-order valence-electron chi connectivity index (χ3n) is 6.31. The Balaban J connectivity index is 2.17. The molecule has 1 unspecified atom stereocenters. The van der Waals surface area contributed by atoms with Gasteiger partial charge in [-0.1, -0.05) is 43.4 Å². The lowest BCUT2D eigenvalue weighted by Gasteiger charge is -2.19. The van der Waals surface area contributed by atoms with Crippen LogP contribution in [0, 0.1) is 11.3 Å². The number of carbonyl (C=O) groups excluding carboxylic acids is 1. The third kappa shape index (κ3) is 7.37. The molecule has 0 aliphatic carbocycles. The van der Waals surface area contributed by atoms with E-state index in [9.17, 15) is 13.2 Å². The van der Waals surface area contributed by atoms with Gasteiger partial charge in [0.1, 0.15) is 6.54 Å². The molecule has 2 rings (SSSR count). The lowest BCUT2D eigenvalue weighted by atomic mass is 9.77. The first-order valence-corrected chi connectivity index (χ1v) is 13.2. The van der Waals surface area contributed by atoms with Gasteiger partial charge < -0.3 is 0 Å². The molecule has 0 fully saturated rings. The van der Waals surface area contributed by atoms with Gasteiger partial charge in [-0.15, -0.1) is 0 Å². The van der Waals surface area contributed by atoms with Crippen molar-refractivity contribution < 1.29 is 22.3 Å². The first-order chi connectivity index (χ1) is 16.0. The van der Waals surface area contributed by atoms with Crippen LogP contribution in [-0.2, 0) is 14.9 Å². The maximum Gasteiger partial charge on any atom is 0.264 e. The molecule has 0 aromatic heterocycles. The summed E-state index contributed by atoms with van der Waals surface area (Å²) in [5.74, 6) is 0.0376. The highest BCUT2D eigenvalue weighted by atomic mass is 32.2. The van der Waals surface area contributed by atoms with E-state index in [-0.39, 0.29) is 17.1 Å². The van der Waals surface area contributed by atoms with Crippen LogP contribution in [0.4, 0.5) is 5.69 Å². The summed E-state index contributed by atoms with van der Waals surface area (Å²) >= 11 is 0. The van der Waals surface area contributed by atoms with E-state index in [1.54, 1.807) is 11.1 Å². The minimum Gasteiger partial charge on any atom is -0.288 e. The van der Waals surface area contributed by atoms with Gasteiger partial charge in [0, 0.05) is 31.3 Å². The molecule has 184 valence electrons. The van der Waals surface area contributed by atoms with Crippen LogP contribution in [-0.4, -0.2) is 41.5 Å². The van der Waals surface area contributed by atoms with E-state index in [0.717, 1.165) is 5.69 Å². The Morgan fingerprint density at radius 3 is 2.35 bits per heavy atom. The Bertz CT molecular complexity index is 1110. The summed E-state index contributed by atoms with van der Waals surface area (Å²) in [4.78, 5) is 13.6. The lowest BCUT2D eigenvalue weighted by Crippen LogP contribution is -2.26. The first kappa shape index (κ1) is 27.5. The average Bonchev–Trinajstić information content (AvgIpc) is 2.95. The summed E-state index contributed by atoms with van der Waals surface area (Å²) in [6.45, 7) is 10.9. The quantitative estimate of drug-likeness (QED) is 0.209. The van der Waals surface area contributed by atoms with Gasteiger partial charge in [0.15, 0.2) is 11.4 Å². The van der Waals surface area contributed by atoms with E-state index in [1.165, 1.54) is 18.3 Å². The highest BCUT2D eigenvalue weighted by Crippen LogP contribution is 2.40. The molecule has 1 N–H and O–H groups in total. The van der Waals surface area contributed by atoms with Crippen molar-refractivity contribution in [3.63, 3.8) is 0 Å². The SMILES string of the molecule is CC=C1C(C)C(C)(C)C(C=CC=CC=CN(C(C)=O)c2ccccc2)=[N+]1CCCCS(=O)(=O)O. The van der Waals surface area contributed by atoms with Crippen LogP contribution in [0.5, 0.6) is 0 Å². The van der Waals surface area contributed by atoms with Crippen LogP contribution < -0.4 is 4.90 Å². The molecular formula is C27H37N2O4S+. The molecule has 7 heteroatoms. The van der Waals surface area contributed by atoms with Crippen LogP contribution >= 0.6 is 0 Å². The van der Waals surface area contributed by atoms with Crippen molar-refractivity contribution in [2.24, 2.45) is 11.3 Å². The largest absolute Gasteiger partial charge is 0.288 e. The van der Waals surface area contributed by atoms with Gasteiger partial charge in [0.25, 0.3) is 10.1 Å². The second-order valence-corrected chi connectivity index (χ2v) is 10.6. The maximum atomic E-state index is 12.0. The molecule has 0 spiro atoms. The Kier molecular flexibility index (Phi) is 9.77. The van der Waals surface area contributed by atoms with Gasteiger partial charge in [-0.2, -0.15) is 13.0 Å². The molecular weight excluding hydrogens is 448 g/mol. The zero-order valence-corrected chi connectivity index (χ0v) is 21.6. The molecule has 1 aliphatic rings. The summed E-state index contributed by atoms with van der Waals surface area (Å²) < 4.78 is 33.3. The number of benzene rings is 1. The molecule has 34 heavy (non-hydrogen) atoms. The lowest BCUT2D eigenvalue weighted by molar-refractivity contribution is -0.475. The molecule has 6 nitrogen and oxygen atoms in total. The predicted octanol–water partition coefficient (Wildman–Crippen LogP) is 5.37. The van der Waals surface area contributed by atoms with E-state index in [1.807, 2.05) is 61.6 Å². The summed E-state index contributed by atoms with van der Waals surface area (Å²) in [5, 5.41) is 0. The van der Waals surface area contributed by atoms with E-state index in [2.05, 4.69) is 37.5 Å². The molecule has 1 aromatic rings. The molecule has 0 saturated heterocycles. The molecule has 0 saturated carbocycles. The van der Waals surface area contributed by atoms with Crippen molar-refractivity contribution in [1.82, 2.24) is 0 Å². The van der Waals surface area contributed by atoms with Crippen LogP contribution in [0.25, 0.3) is 0 Å². The van der Waals surface area contributed by atoms with Crippen LogP contribution in [0.15, 0.2) is 78.7 Å². The normalized spacial score (nSPS) is 19.8. The highest BCUT2D eigenvalue weighted by molar-refractivity contribution is 7.85. The van der Waals surface area contributed by atoms with E-state index >= 15 is 0 Å². The predicted molar refractivity (Wildman–Crippen MR) is 140 cm³/mol. The van der Waals surface area contributed by atoms with Gasteiger partial charge in [-0.05, 0) is 51.5 Å². The maximum absolute atomic E-state index is 12.0. The first-order valence-electron chi connectivity index (χ1n) is 11.6. The Morgan fingerprint density at radius 2 is 1.76 bits per heavy atom. The minimum atomic E-state index is -3.93. The fourth-order valence-electron chi connectivity index (χ4n) is 4.20. The Morgan fingerprint density at radius 1 is 1.12 bits per heavy atom. The number of rotatable bonds is 10. The van der Waals surface area contributed by atoms with Crippen molar-refractivity contribution in [3.05, 3.63) is 78.7 Å². The van der Waals surface area contributed by atoms with Crippen molar-refractivity contribution in [3.8, 4) is 0 Å². The molecule has 1 amide bonds. The van der Waals surface area contributed by atoms with Gasteiger partial charge in [0.2, 0.25) is 5.91 Å². The van der Waals surface area contributed by atoms with Gasteiger partial charge in [0.05, 0.1) is 17.1 Å². The summed E-state index contributed by atoms with van der Waals surface area (Å²) in [6.07, 6.45) is 14.7. The van der Waals surface area contributed by atoms with Crippen LogP contribution in [0.1, 0.15) is 47.5 Å². The number of carbonyl (C=O) groups is 1. The molecule has 0 bridgehead atoms. The van der Waals surface area contributed by atoms with Crippen molar-refractivity contribution in [2.45, 2.75) is 47.5 Å². The number of para-hydroxylation sites is 1. The Labute approximate surface area is 204 Å². The number of hydrogen-bond acceptors (Lipinski definition) is 3. The van der Waals surface area contributed by atoms with Gasteiger partial charge in [-0.3, -0.25) is 14.2 Å². The average molecular weight is 486 g/mol. The van der Waals surface area contributed by atoms with E-state index in [4.69, 9.17) is 4.55 Å². The third-order valence-corrected chi connectivity index (χ3v) is 7.12. The zero-order chi connectivity index (χ0) is 25.4. The van der Waals surface area contributed by atoms with Crippen LogP contribution in [0.3, 0.4) is 0 Å². The second kappa shape index (κ2) is 12.1. The number of hydrogen-bond donors (Lipinski definition) is 1. The molecule has 0 radical (unpaired) electrons. The molecule has 1 aliphatic heterocycles. The van der Waals surface area contributed by atoms with E-state index < -0.39 is 10.1 Å². The zero-order valence-electron chi connectivity index (χ0n) is 20.8. The smallest absolute Gasteiger partial charge is 0.264 e. The minimum absolute atomic E-state index is 0.0628. The highest BCUT2D eigenvalue weighted by Gasteiger charge is 2.48. The van der Waals surface area contributed by atoms with Crippen LogP contribution in [0.2, 0.25) is 0 Å². The Hall–Kier alpha value is -2.77. The second-order valence-electron chi connectivity index (χ2n) is 9.00. The van der Waals surface area contributed by atoms with Crippen molar-refractivity contribution in [2.75, 3.05) is 17.2 Å². The van der Waals surface area contributed by atoms with Crippen molar-refractivity contribution >= 4 is 27.4 Å². The molecule has 1 aromatic carbocycles. The monoisotopic (exact) mass is 485 g/mol. The van der Waals surface area contributed by atoms with Gasteiger partial charge in [-0.25, -0.2) is 0 Å². The van der Waals surface area contributed by atoms with Gasteiger partial charge >= 0.3 is 0 Å².